The highest BCUT2D eigenvalue weighted by molar-refractivity contribution is 7.87. The zero-order valence-electron chi connectivity index (χ0n) is 11.3. The first kappa shape index (κ1) is 17.8. The molecule has 9 nitrogen and oxygen atoms in total. The number of hydrogen-bond acceptors (Lipinski definition) is 6. The first-order valence-corrected chi connectivity index (χ1v) is 10.0. The summed E-state index contributed by atoms with van der Waals surface area (Å²) in [6, 6.07) is 3.15. The first-order valence-electron chi connectivity index (χ1n) is 5.72. The molecule has 0 aliphatic rings. The molecule has 0 heterocycles. The van der Waals surface area contributed by atoms with Crippen LogP contribution in [-0.2, 0) is 30.4 Å². The van der Waals surface area contributed by atoms with Gasteiger partial charge in [-0.3, -0.25) is 13.7 Å². The summed E-state index contributed by atoms with van der Waals surface area (Å²) in [5.74, 6) is 0. The molecule has 3 N–H and O–H groups in total. The van der Waals surface area contributed by atoms with Crippen molar-refractivity contribution in [2.75, 3.05) is 0 Å². The Labute approximate surface area is 131 Å². The van der Waals surface area contributed by atoms with E-state index in [1.54, 1.807) is 0 Å². The van der Waals surface area contributed by atoms with E-state index in [9.17, 15) is 29.8 Å². The van der Waals surface area contributed by atoms with E-state index in [1.807, 2.05) is 0 Å². The fourth-order valence-electron chi connectivity index (χ4n) is 2.13. The van der Waals surface area contributed by atoms with Crippen LogP contribution in [0.1, 0.15) is 5.56 Å². The molecule has 23 heavy (non-hydrogen) atoms. The lowest BCUT2D eigenvalue weighted by Crippen LogP contribution is -2.06. The van der Waals surface area contributed by atoms with Crippen molar-refractivity contribution in [1.29, 1.82) is 0 Å². The van der Waals surface area contributed by atoms with Crippen LogP contribution in [0.4, 0.5) is 0 Å². The zero-order valence-corrected chi connectivity index (χ0v) is 13.8. The molecule has 0 atom stereocenters. The van der Waals surface area contributed by atoms with E-state index in [4.69, 9.17) is 9.11 Å². The van der Waals surface area contributed by atoms with Crippen LogP contribution in [0, 0.1) is 6.92 Å². The highest BCUT2D eigenvalue weighted by Gasteiger charge is 2.23. The highest BCUT2D eigenvalue weighted by atomic mass is 32.2. The molecule has 0 saturated carbocycles. The monoisotopic (exact) mass is 382 g/mol. The Morgan fingerprint density at radius 2 is 1.13 bits per heavy atom. The van der Waals surface area contributed by atoms with Crippen molar-refractivity contribution in [2.45, 2.75) is 21.6 Å². The topological polar surface area (TPSA) is 163 Å². The Kier molecular flexibility index (Phi) is 4.04. The van der Waals surface area contributed by atoms with Crippen LogP contribution in [0.25, 0.3) is 10.8 Å². The highest BCUT2D eigenvalue weighted by Crippen LogP contribution is 2.32. The summed E-state index contributed by atoms with van der Waals surface area (Å²) >= 11 is 0. The summed E-state index contributed by atoms with van der Waals surface area (Å²) in [6.07, 6.45) is 0. The average molecular weight is 382 g/mol. The normalized spacial score (nSPS) is 13.4. The van der Waals surface area contributed by atoms with Gasteiger partial charge in [-0.2, -0.15) is 25.3 Å². The lowest BCUT2D eigenvalue weighted by molar-refractivity contribution is 0.480. The average Bonchev–Trinajstić information content (AvgIpc) is 2.33. The van der Waals surface area contributed by atoms with Gasteiger partial charge in [-0.25, -0.2) is 0 Å². The van der Waals surface area contributed by atoms with Gasteiger partial charge in [0, 0.05) is 5.39 Å². The Balaban J connectivity index is 3.12. The van der Waals surface area contributed by atoms with Crippen molar-refractivity contribution in [2.24, 2.45) is 0 Å². The van der Waals surface area contributed by atoms with Crippen molar-refractivity contribution in [1.82, 2.24) is 0 Å². The smallest absolute Gasteiger partial charge is 0.282 e. The molecule has 2 aromatic rings. The van der Waals surface area contributed by atoms with Gasteiger partial charge in [-0.15, -0.1) is 0 Å². The molecule has 0 amide bonds. The van der Waals surface area contributed by atoms with E-state index in [0.29, 0.717) is 6.07 Å². The minimum Gasteiger partial charge on any atom is -0.282 e. The van der Waals surface area contributed by atoms with Gasteiger partial charge in [0.05, 0.1) is 9.79 Å². The molecule has 0 radical (unpaired) electrons. The van der Waals surface area contributed by atoms with E-state index in [2.05, 4.69) is 0 Å². The number of fused-ring (bicyclic) bond motifs is 1. The molecule has 0 aliphatic carbocycles. The number of rotatable bonds is 3. The minimum atomic E-state index is -4.87. The molecular formula is C11H10O9S3. The third-order valence-electron chi connectivity index (χ3n) is 3.03. The summed E-state index contributed by atoms with van der Waals surface area (Å²) < 4.78 is 95.2. The third kappa shape index (κ3) is 3.52. The largest absolute Gasteiger partial charge is 0.295 e. The lowest BCUT2D eigenvalue weighted by atomic mass is 10.1. The van der Waals surface area contributed by atoms with Crippen molar-refractivity contribution in [3.63, 3.8) is 0 Å². The molecular weight excluding hydrogens is 372 g/mol. The number of hydrogen-bond donors (Lipinski definition) is 3. The minimum absolute atomic E-state index is 0.0460. The molecule has 0 aliphatic heterocycles. The predicted octanol–water partition coefficient (Wildman–Crippen LogP) is 0.888. The van der Waals surface area contributed by atoms with Gasteiger partial charge in [0.2, 0.25) is 0 Å². The zero-order chi connectivity index (χ0) is 17.8. The Bertz CT molecular complexity index is 1120. The maximum absolute atomic E-state index is 11.5. The summed E-state index contributed by atoms with van der Waals surface area (Å²) in [5, 5.41) is -0.368. The van der Waals surface area contributed by atoms with E-state index >= 15 is 0 Å². The first-order chi connectivity index (χ1) is 10.2. The molecule has 0 unspecified atom stereocenters. The molecule has 2 aromatic carbocycles. The van der Waals surface area contributed by atoms with Crippen molar-refractivity contribution in [3.05, 3.63) is 29.8 Å². The number of benzene rings is 2. The van der Waals surface area contributed by atoms with Crippen LogP contribution in [0.3, 0.4) is 0 Å². The van der Waals surface area contributed by atoms with Crippen LogP contribution >= 0.6 is 0 Å². The SMILES string of the molecule is Cc1cc(S(=O)(=O)O)cc2cc(S(=O)(=O)O)cc(S(=O)(=O)O)c12. The molecule has 0 aromatic heterocycles. The van der Waals surface area contributed by atoms with Gasteiger partial charge in [-0.05, 0) is 42.1 Å². The Hall–Kier alpha value is -1.57. The van der Waals surface area contributed by atoms with Crippen molar-refractivity contribution in [3.8, 4) is 0 Å². The lowest BCUT2D eigenvalue weighted by Gasteiger charge is -2.11. The molecule has 126 valence electrons. The van der Waals surface area contributed by atoms with Gasteiger partial charge in [0.25, 0.3) is 30.4 Å². The second kappa shape index (κ2) is 5.22. The van der Waals surface area contributed by atoms with Gasteiger partial charge < -0.3 is 0 Å². The van der Waals surface area contributed by atoms with Crippen LogP contribution in [0.5, 0.6) is 0 Å². The fourth-order valence-corrected chi connectivity index (χ4v) is 4.16. The van der Waals surface area contributed by atoms with Gasteiger partial charge in [0.1, 0.15) is 4.90 Å². The maximum atomic E-state index is 11.5. The summed E-state index contributed by atoms with van der Waals surface area (Å²) in [4.78, 5) is -2.28. The molecule has 2 rings (SSSR count). The van der Waals surface area contributed by atoms with Crippen LogP contribution in [0.2, 0.25) is 0 Å². The second-order valence-corrected chi connectivity index (χ2v) is 8.92. The molecule has 0 spiro atoms. The molecule has 0 bridgehead atoms. The van der Waals surface area contributed by atoms with Gasteiger partial charge >= 0.3 is 0 Å². The van der Waals surface area contributed by atoms with Crippen LogP contribution in [0.15, 0.2) is 39.0 Å². The van der Waals surface area contributed by atoms with E-state index in [-0.39, 0.29) is 16.3 Å². The Morgan fingerprint density at radius 3 is 1.52 bits per heavy atom. The van der Waals surface area contributed by atoms with E-state index < -0.39 is 45.0 Å². The van der Waals surface area contributed by atoms with Gasteiger partial charge in [0.15, 0.2) is 0 Å². The molecule has 12 heteroatoms. The maximum Gasteiger partial charge on any atom is 0.295 e. The third-order valence-corrected chi connectivity index (χ3v) is 5.57. The standard InChI is InChI=1S/C11H10O9S3/c1-6-2-8(21(12,13)14)3-7-4-9(22(15,16)17)5-10(11(6)7)23(18,19)20/h2-5H,1H3,(H,12,13,14)(H,15,16,17)(H,18,19,20). The van der Waals surface area contributed by atoms with Crippen LogP contribution < -0.4 is 0 Å². The quantitative estimate of drug-likeness (QED) is 0.654. The van der Waals surface area contributed by atoms with Crippen LogP contribution in [-0.4, -0.2) is 38.9 Å². The van der Waals surface area contributed by atoms with Gasteiger partial charge in [-0.1, -0.05) is 0 Å². The Morgan fingerprint density at radius 1 is 0.696 bits per heavy atom. The van der Waals surface area contributed by atoms with E-state index in [0.717, 1.165) is 18.2 Å². The fraction of sp³-hybridized carbons (Fsp3) is 0.0909. The van der Waals surface area contributed by atoms with Crippen molar-refractivity contribution >= 4 is 41.1 Å². The molecule has 0 fully saturated rings. The van der Waals surface area contributed by atoms with Crippen molar-refractivity contribution < 1.29 is 38.9 Å². The number of aryl methyl sites for hydroxylation is 1. The second-order valence-electron chi connectivity index (χ2n) is 4.68. The summed E-state index contributed by atoms with van der Waals surface area (Å²) in [6.45, 7) is 1.30. The predicted molar refractivity (Wildman–Crippen MR) is 78.1 cm³/mol. The van der Waals surface area contributed by atoms with E-state index in [1.165, 1.54) is 6.92 Å². The summed E-state index contributed by atoms with van der Waals surface area (Å²) in [5.41, 5.74) is 0.0460. The summed E-state index contributed by atoms with van der Waals surface area (Å²) in [7, 11) is -14.3. The molecule has 0 saturated heterocycles.